The summed E-state index contributed by atoms with van der Waals surface area (Å²) in [5.74, 6) is 0.383. The molecular weight excluding hydrogens is 633 g/mol. The highest BCUT2D eigenvalue weighted by Gasteiger charge is 2.55. The Morgan fingerprint density at radius 1 is 0.829 bits per heavy atom. The van der Waals surface area contributed by atoms with Crippen molar-refractivity contribution in [2.75, 3.05) is 12.3 Å². The molecule has 4 atom stereocenters. The van der Waals surface area contributed by atoms with E-state index >= 15 is 0 Å². The summed E-state index contributed by atoms with van der Waals surface area (Å²) in [6.45, 7) is 34.6. The van der Waals surface area contributed by atoms with E-state index < -0.39 is 31.2 Å². The summed E-state index contributed by atoms with van der Waals surface area (Å²) in [5, 5.41) is 0.0941. The van der Waals surface area contributed by atoms with E-state index in [1.165, 1.54) is 0 Å². The molecule has 2 N–H and O–H groups in total. The Balaban J connectivity index is 2.19. The molecule has 2 aromatic heterocycles. The summed E-state index contributed by atoms with van der Waals surface area (Å²) in [5.41, 5.74) is 7.72. The van der Waals surface area contributed by atoms with E-state index in [1.807, 2.05) is 4.57 Å². The highest BCUT2D eigenvalue weighted by molar-refractivity contribution is 9.10. The van der Waals surface area contributed by atoms with Gasteiger partial charge in [0.1, 0.15) is 23.8 Å². The van der Waals surface area contributed by atoms with Crippen LogP contribution in [0.25, 0.3) is 11.0 Å². The minimum Gasteiger partial charge on any atom is -0.414 e. The summed E-state index contributed by atoms with van der Waals surface area (Å²) in [4.78, 5) is 8.95. The lowest BCUT2D eigenvalue weighted by Crippen LogP contribution is -2.54. The first-order valence-electron chi connectivity index (χ1n) is 14.7. The topological polar surface area (TPSA) is 93.7 Å². The second-order valence-corrected chi connectivity index (χ2v) is 31.3. The Morgan fingerprint density at radius 2 is 1.32 bits per heavy atom. The maximum absolute atomic E-state index is 7.28. The molecule has 0 radical (unpaired) electrons. The minimum atomic E-state index is -2.26. The van der Waals surface area contributed by atoms with Crippen molar-refractivity contribution in [1.29, 1.82) is 0 Å². The fourth-order valence-corrected chi connectivity index (χ4v) is 8.21. The van der Waals surface area contributed by atoms with Gasteiger partial charge in [-0.15, -0.1) is 0 Å². The molecule has 3 rings (SSSR count). The molecule has 12 heteroatoms. The second-order valence-electron chi connectivity index (χ2n) is 16.2. The van der Waals surface area contributed by atoms with E-state index in [9.17, 15) is 0 Å². The third-order valence-corrected chi connectivity index (χ3v) is 24.1. The van der Waals surface area contributed by atoms with Crippen LogP contribution in [0.4, 0.5) is 5.82 Å². The number of hydrogen-bond acceptors (Lipinski definition) is 7. The monoisotopic (exact) mass is 686 g/mol. The Hall–Kier alpha value is -0.609. The molecule has 0 saturated carbocycles. The number of aromatic nitrogens is 3. The van der Waals surface area contributed by atoms with Crippen LogP contribution in [0.15, 0.2) is 17.0 Å². The molecular formula is C29H55BrN4O4Si3. The van der Waals surface area contributed by atoms with Gasteiger partial charge >= 0.3 is 0 Å². The zero-order valence-electron chi connectivity index (χ0n) is 28.1. The normalized spacial score (nSPS) is 23.5. The number of ether oxygens (including phenoxy) is 1. The van der Waals surface area contributed by atoms with Crippen molar-refractivity contribution in [2.45, 2.75) is 141 Å². The van der Waals surface area contributed by atoms with E-state index in [0.717, 1.165) is 9.99 Å². The molecule has 2 aromatic rings. The molecule has 0 aliphatic carbocycles. The molecule has 1 aliphatic rings. The third kappa shape index (κ3) is 7.05. The number of hydrogen-bond donors (Lipinski definition) is 1. The van der Waals surface area contributed by atoms with Crippen LogP contribution in [-0.4, -0.2) is 64.4 Å². The molecule has 0 amide bonds. The van der Waals surface area contributed by atoms with Crippen molar-refractivity contribution in [3.8, 4) is 0 Å². The molecule has 1 aliphatic heterocycles. The smallest absolute Gasteiger partial charge is 0.192 e. The van der Waals surface area contributed by atoms with Crippen LogP contribution >= 0.6 is 15.9 Å². The fourth-order valence-electron chi connectivity index (χ4n) is 4.10. The number of nitrogens with two attached hydrogens (primary N) is 1. The molecule has 0 aromatic carbocycles. The van der Waals surface area contributed by atoms with Crippen molar-refractivity contribution in [3.63, 3.8) is 0 Å². The molecule has 0 spiro atoms. The summed E-state index contributed by atoms with van der Waals surface area (Å²) < 4.78 is 31.2. The van der Waals surface area contributed by atoms with Gasteiger partial charge in [0.05, 0.1) is 22.9 Å². The second kappa shape index (κ2) is 11.4. The predicted octanol–water partition coefficient (Wildman–Crippen LogP) is 8.48. The molecule has 1 fully saturated rings. The Labute approximate surface area is 260 Å². The zero-order valence-corrected chi connectivity index (χ0v) is 32.7. The maximum atomic E-state index is 7.28. The lowest BCUT2D eigenvalue weighted by atomic mass is 10.1. The van der Waals surface area contributed by atoms with E-state index in [0.29, 0.717) is 17.9 Å². The van der Waals surface area contributed by atoms with Crippen LogP contribution in [-0.2, 0) is 18.0 Å². The van der Waals surface area contributed by atoms with Gasteiger partial charge in [-0.2, -0.15) is 0 Å². The number of halogens is 1. The Morgan fingerprint density at radius 3 is 1.80 bits per heavy atom. The summed E-state index contributed by atoms with van der Waals surface area (Å²) in [7, 11) is -6.54. The molecule has 0 unspecified atom stereocenters. The van der Waals surface area contributed by atoms with Crippen LogP contribution < -0.4 is 5.73 Å². The van der Waals surface area contributed by atoms with Crippen LogP contribution in [0.5, 0.6) is 0 Å². The van der Waals surface area contributed by atoms with Gasteiger partial charge in [0.25, 0.3) is 0 Å². The number of nitrogen functional groups attached to an aromatic ring is 1. The van der Waals surface area contributed by atoms with Crippen molar-refractivity contribution in [2.24, 2.45) is 0 Å². The first-order chi connectivity index (χ1) is 18.3. The molecule has 1 saturated heterocycles. The SMILES string of the molecule is CC(C)(C)[Si](C)(C)OC[C@H]1O[C@@H](n2cnc3c(N)ncc(Br)c32)[C@H](O[Si](C)(C)C(C)(C)C)[C@@H]1O[Si](C)(C)C(C)(C)C. The van der Waals surface area contributed by atoms with Crippen LogP contribution in [0.1, 0.15) is 68.5 Å². The molecule has 41 heavy (non-hydrogen) atoms. The van der Waals surface area contributed by atoms with Crippen molar-refractivity contribution in [3.05, 3.63) is 17.0 Å². The largest absolute Gasteiger partial charge is 0.414 e. The third-order valence-electron chi connectivity index (χ3n) is 10.0. The van der Waals surface area contributed by atoms with E-state index in [2.05, 4.69) is 127 Å². The van der Waals surface area contributed by atoms with Gasteiger partial charge in [-0.25, -0.2) is 9.97 Å². The molecule has 3 heterocycles. The van der Waals surface area contributed by atoms with Gasteiger partial charge in [0.2, 0.25) is 0 Å². The lowest BCUT2D eigenvalue weighted by molar-refractivity contribution is -0.0468. The van der Waals surface area contributed by atoms with E-state index in [-0.39, 0.29) is 33.4 Å². The van der Waals surface area contributed by atoms with Gasteiger partial charge in [-0.05, 0) is 70.3 Å². The highest BCUT2D eigenvalue weighted by Crippen LogP contribution is 2.47. The zero-order chi connectivity index (χ0) is 31.6. The van der Waals surface area contributed by atoms with Crippen LogP contribution in [0.2, 0.25) is 54.4 Å². The predicted molar refractivity (Wildman–Crippen MR) is 181 cm³/mol. The molecule has 8 nitrogen and oxygen atoms in total. The van der Waals surface area contributed by atoms with Crippen molar-refractivity contribution < 1.29 is 18.0 Å². The molecule has 234 valence electrons. The van der Waals surface area contributed by atoms with E-state index in [4.69, 9.17) is 23.7 Å². The summed E-state index contributed by atoms with van der Waals surface area (Å²) in [6, 6.07) is 0. The van der Waals surface area contributed by atoms with E-state index in [1.54, 1.807) is 12.5 Å². The number of fused-ring (bicyclic) bond motifs is 1. The molecule has 0 bridgehead atoms. The van der Waals surface area contributed by atoms with Gasteiger partial charge in [0, 0.05) is 6.20 Å². The minimum absolute atomic E-state index is 0.000731. The first-order valence-corrected chi connectivity index (χ1v) is 24.2. The maximum Gasteiger partial charge on any atom is 0.192 e. The van der Waals surface area contributed by atoms with Crippen molar-refractivity contribution in [1.82, 2.24) is 14.5 Å². The Kier molecular flexibility index (Phi) is 9.69. The van der Waals surface area contributed by atoms with Gasteiger partial charge in [0.15, 0.2) is 37.0 Å². The van der Waals surface area contributed by atoms with Gasteiger partial charge in [-0.1, -0.05) is 62.3 Å². The highest BCUT2D eigenvalue weighted by atomic mass is 79.9. The fraction of sp³-hybridized carbons (Fsp3) is 0.793. The number of rotatable bonds is 8. The van der Waals surface area contributed by atoms with Crippen LogP contribution in [0, 0.1) is 0 Å². The number of anilines is 1. The van der Waals surface area contributed by atoms with Crippen LogP contribution in [0.3, 0.4) is 0 Å². The standard InChI is InChI=1S/C29H55BrN4O4Si3/c1-27(2,3)39(10,11)35-17-20-23(37-40(12,13)28(4,5)6)24(38-41(14,15)29(7,8)9)26(36-20)34-18-33-21-22(34)19(30)16-32-25(21)31/h16,18,20,23-24,26H,17H2,1-15H3,(H2,31,32)/t20-,23-,24-,26-/m1/s1. The number of imidazole rings is 1. The number of nitrogens with zero attached hydrogens (tertiary/aromatic N) is 3. The average molecular weight is 688 g/mol. The quantitative estimate of drug-likeness (QED) is 0.278. The lowest BCUT2D eigenvalue weighted by Gasteiger charge is -2.44. The number of pyridine rings is 1. The van der Waals surface area contributed by atoms with Gasteiger partial charge < -0.3 is 23.7 Å². The first kappa shape index (κ1) is 34.9. The summed E-state index contributed by atoms with van der Waals surface area (Å²) in [6.07, 6.45) is 2.05. The van der Waals surface area contributed by atoms with Gasteiger partial charge in [-0.3, -0.25) is 4.57 Å². The Bertz CT molecular complexity index is 1230. The van der Waals surface area contributed by atoms with Crippen molar-refractivity contribution >= 4 is 57.7 Å². The average Bonchev–Trinajstić information content (AvgIpc) is 3.35. The summed E-state index contributed by atoms with van der Waals surface area (Å²) >= 11 is 3.69.